The largest absolute Gasteiger partial charge is 0.496 e. The molecule has 180 valence electrons. The van der Waals surface area contributed by atoms with Crippen LogP contribution in [0.4, 0.5) is 10.6 Å². The fourth-order valence-electron chi connectivity index (χ4n) is 4.44. The van der Waals surface area contributed by atoms with Crippen molar-refractivity contribution in [2.75, 3.05) is 25.9 Å². The Labute approximate surface area is 201 Å². The van der Waals surface area contributed by atoms with Gasteiger partial charge in [0.2, 0.25) is 0 Å². The summed E-state index contributed by atoms with van der Waals surface area (Å²) in [4.78, 5) is 18.9. The van der Waals surface area contributed by atoms with Gasteiger partial charge in [-0.15, -0.1) is 0 Å². The average molecular weight is 463 g/mol. The van der Waals surface area contributed by atoms with E-state index in [1.165, 1.54) is 0 Å². The van der Waals surface area contributed by atoms with Crippen molar-refractivity contribution in [2.24, 2.45) is 0 Å². The summed E-state index contributed by atoms with van der Waals surface area (Å²) in [6.07, 6.45) is 3.25. The first kappa shape index (κ1) is 23.8. The summed E-state index contributed by atoms with van der Waals surface area (Å²) >= 11 is 0. The number of fused-ring (bicyclic) bond motifs is 1. The van der Waals surface area contributed by atoms with Gasteiger partial charge in [0, 0.05) is 48.4 Å². The number of methoxy groups -OCH3 is 1. The van der Waals surface area contributed by atoms with Gasteiger partial charge in [-0.05, 0) is 56.7 Å². The number of alkyl carbamates (subject to hydrolysis) is 1. The first-order valence-electron chi connectivity index (χ1n) is 11.8. The van der Waals surface area contributed by atoms with Crippen LogP contribution in [0, 0.1) is 0 Å². The van der Waals surface area contributed by atoms with Crippen LogP contribution in [0.3, 0.4) is 0 Å². The number of ether oxygens (including phenoxy) is 2. The normalized spacial score (nSPS) is 15.3. The number of aromatic nitrogens is 1. The van der Waals surface area contributed by atoms with Gasteiger partial charge in [-0.25, -0.2) is 9.78 Å². The number of hydrogen-bond donors (Lipinski definition) is 2. The van der Waals surface area contributed by atoms with Crippen LogP contribution in [0.2, 0.25) is 0 Å². The van der Waals surface area contributed by atoms with E-state index in [1.807, 2.05) is 51.2 Å². The van der Waals surface area contributed by atoms with E-state index in [0.29, 0.717) is 5.82 Å². The lowest BCUT2D eigenvalue weighted by atomic mass is 9.97. The molecular formula is C27H34N4O3. The van der Waals surface area contributed by atoms with Crippen LogP contribution in [-0.2, 0) is 11.3 Å². The fourth-order valence-corrected chi connectivity index (χ4v) is 4.44. The van der Waals surface area contributed by atoms with Crippen molar-refractivity contribution in [2.45, 2.75) is 51.8 Å². The third kappa shape index (κ3) is 5.59. The van der Waals surface area contributed by atoms with E-state index in [0.717, 1.165) is 65.7 Å². The van der Waals surface area contributed by atoms with Crippen LogP contribution in [-0.4, -0.2) is 47.8 Å². The Kier molecular flexibility index (Phi) is 6.93. The van der Waals surface area contributed by atoms with Gasteiger partial charge in [0.05, 0.1) is 7.11 Å². The van der Waals surface area contributed by atoms with Crippen molar-refractivity contribution < 1.29 is 14.3 Å². The number of carbonyl (C=O) groups is 1. The summed E-state index contributed by atoms with van der Waals surface area (Å²) in [5, 5.41) is 4.96. The zero-order valence-electron chi connectivity index (χ0n) is 20.4. The molecule has 1 aliphatic rings. The molecular weight excluding hydrogens is 428 g/mol. The maximum atomic E-state index is 12.1. The van der Waals surface area contributed by atoms with Gasteiger partial charge in [0.1, 0.15) is 17.2 Å². The van der Waals surface area contributed by atoms with E-state index in [1.54, 1.807) is 7.11 Å². The van der Waals surface area contributed by atoms with E-state index >= 15 is 0 Å². The van der Waals surface area contributed by atoms with Crippen molar-refractivity contribution in [3.05, 3.63) is 54.2 Å². The molecule has 1 aromatic heterocycles. The molecule has 34 heavy (non-hydrogen) atoms. The second kappa shape index (κ2) is 9.89. The Balaban J connectivity index is 1.52. The maximum absolute atomic E-state index is 12.1. The number of benzene rings is 2. The molecule has 1 saturated heterocycles. The molecule has 3 aromatic rings. The van der Waals surface area contributed by atoms with Crippen molar-refractivity contribution in [1.82, 2.24) is 15.2 Å². The van der Waals surface area contributed by atoms with Crippen molar-refractivity contribution in [1.29, 1.82) is 0 Å². The Morgan fingerprint density at radius 3 is 2.50 bits per heavy atom. The quantitative estimate of drug-likeness (QED) is 0.556. The molecule has 0 unspecified atom stereocenters. The molecule has 0 bridgehead atoms. The third-order valence-corrected chi connectivity index (χ3v) is 6.11. The van der Waals surface area contributed by atoms with E-state index < -0.39 is 5.60 Å². The number of carbonyl (C=O) groups excluding carboxylic acids is 1. The number of nitrogens with one attached hydrogen (secondary N) is 1. The van der Waals surface area contributed by atoms with Gasteiger partial charge in [-0.1, -0.05) is 30.3 Å². The van der Waals surface area contributed by atoms with Gasteiger partial charge >= 0.3 is 6.09 Å². The lowest BCUT2D eigenvalue weighted by molar-refractivity contribution is 0.0477. The van der Waals surface area contributed by atoms with E-state index in [-0.39, 0.29) is 12.1 Å². The number of pyridine rings is 1. The van der Waals surface area contributed by atoms with Crippen LogP contribution in [0.25, 0.3) is 21.9 Å². The van der Waals surface area contributed by atoms with Gasteiger partial charge < -0.3 is 20.5 Å². The Bertz CT molecular complexity index is 1150. The van der Waals surface area contributed by atoms with Gasteiger partial charge in [-0.2, -0.15) is 0 Å². The predicted molar refractivity (Wildman–Crippen MR) is 136 cm³/mol. The fraction of sp³-hybridized carbons (Fsp3) is 0.407. The van der Waals surface area contributed by atoms with Crippen LogP contribution in [0.5, 0.6) is 5.75 Å². The van der Waals surface area contributed by atoms with Crippen molar-refractivity contribution in [3.8, 4) is 16.9 Å². The number of likely N-dealkylation sites (tertiary alicyclic amines) is 1. The number of rotatable bonds is 5. The lowest BCUT2D eigenvalue weighted by Crippen LogP contribution is -2.45. The second-order valence-corrected chi connectivity index (χ2v) is 9.83. The summed E-state index contributed by atoms with van der Waals surface area (Å²) < 4.78 is 11.1. The molecule has 0 aliphatic carbocycles. The Hall–Kier alpha value is -3.32. The van der Waals surface area contributed by atoms with Crippen molar-refractivity contribution in [3.63, 3.8) is 0 Å². The van der Waals surface area contributed by atoms with E-state index in [4.69, 9.17) is 15.2 Å². The van der Waals surface area contributed by atoms with Gasteiger partial charge in [-0.3, -0.25) is 4.90 Å². The smallest absolute Gasteiger partial charge is 0.407 e. The van der Waals surface area contributed by atoms with E-state index in [9.17, 15) is 4.79 Å². The number of nitrogen functional groups attached to an aromatic ring is 1. The predicted octanol–water partition coefficient (Wildman–Crippen LogP) is 4.98. The highest BCUT2D eigenvalue weighted by Gasteiger charge is 2.24. The maximum Gasteiger partial charge on any atom is 0.407 e. The minimum Gasteiger partial charge on any atom is -0.496 e. The number of nitrogens with two attached hydrogens (primary N) is 1. The zero-order valence-corrected chi connectivity index (χ0v) is 20.4. The van der Waals surface area contributed by atoms with Gasteiger partial charge in [0.25, 0.3) is 0 Å². The molecule has 7 heteroatoms. The Morgan fingerprint density at radius 1 is 1.15 bits per heavy atom. The molecule has 7 nitrogen and oxygen atoms in total. The molecule has 0 saturated carbocycles. The standard InChI is InChI=1S/C27H34N4O3/c1-27(2,3)34-26(32)30-20-10-12-31(13-11-20)17-19-14-21-22(15-24(19)33-4)25(28)29-16-23(21)18-8-6-5-7-9-18/h5-9,14-16,20H,10-13,17H2,1-4H3,(H2,28,29)(H,30,32). The molecule has 3 N–H and O–H groups in total. The van der Waals surface area contributed by atoms with Crippen LogP contribution in [0.1, 0.15) is 39.2 Å². The summed E-state index contributed by atoms with van der Waals surface area (Å²) in [6, 6.07) is 14.5. The van der Waals surface area contributed by atoms with Crippen molar-refractivity contribution >= 4 is 22.7 Å². The molecule has 0 radical (unpaired) electrons. The molecule has 1 amide bonds. The zero-order chi connectivity index (χ0) is 24.3. The van der Waals surface area contributed by atoms with Crippen LogP contribution in [0.15, 0.2) is 48.7 Å². The molecule has 1 aliphatic heterocycles. The third-order valence-electron chi connectivity index (χ3n) is 6.11. The number of anilines is 1. The number of nitrogens with zero attached hydrogens (tertiary/aromatic N) is 2. The van der Waals surface area contributed by atoms with Crippen LogP contribution >= 0.6 is 0 Å². The number of piperidine rings is 1. The number of hydrogen-bond acceptors (Lipinski definition) is 6. The molecule has 0 spiro atoms. The van der Waals surface area contributed by atoms with Gasteiger partial charge in [0.15, 0.2) is 0 Å². The second-order valence-electron chi connectivity index (χ2n) is 9.83. The minimum absolute atomic E-state index is 0.125. The molecule has 2 heterocycles. The summed E-state index contributed by atoms with van der Waals surface area (Å²) in [6.45, 7) is 8.14. The topological polar surface area (TPSA) is 89.7 Å². The van der Waals surface area contributed by atoms with E-state index in [2.05, 4.69) is 33.4 Å². The lowest BCUT2D eigenvalue weighted by Gasteiger charge is -2.33. The first-order chi connectivity index (χ1) is 16.2. The SMILES string of the molecule is COc1cc2c(N)ncc(-c3ccccc3)c2cc1CN1CCC(NC(=O)OC(C)(C)C)CC1. The summed E-state index contributed by atoms with van der Waals surface area (Å²) in [5.74, 6) is 1.30. The summed E-state index contributed by atoms with van der Waals surface area (Å²) in [7, 11) is 1.69. The minimum atomic E-state index is -0.491. The molecule has 1 fully saturated rings. The molecule has 2 aromatic carbocycles. The van der Waals surface area contributed by atoms with Crippen LogP contribution < -0.4 is 15.8 Å². The Morgan fingerprint density at radius 2 is 1.85 bits per heavy atom. The highest BCUT2D eigenvalue weighted by atomic mass is 16.6. The monoisotopic (exact) mass is 462 g/mol. The average Bonchev–Trinajstić information content (AvgIpc) is 2.80. The number of amides is 1. The molecule has 0 atom stereocenters. The first-order valence-corrected chi connectivity index (χ1v) is 11.8. The highest BCUT2D eigenvalue weighted by Crippen LogP contribution is 2.36. The molecule has 4 rings (SSSR count). The highest BCUT2D eigenvalue weighted by molar-refractivity contribution is 6.02. The summed E-state index contributed by atoms with van der Waals surface area (Å²) in [5.41, 5.74) is 9.00.